The average molecular weight is 177 g/mol. The summed E-state index contributed by atoms with van der Waals surface area (Å²) in [5, 5.41) is 0. The summed E-state index contributed by atoms with van der Waals surface area (Å²) in [5.41, 5.74) is 6.63. The molecule has 0 aromatic carbocycles. The summed E-state index contributed by atoms with van der Waals surface area (Å²) in [6.07, 6.45) is 3.05. The van der Waals surface area contributed by atoms with Gasteiger partial charge in [0.25, 0.3) is 0 Å². The molecule has 1 aromatic heterocycles. The molecule has 1 aromatic rings. The Labute approximate surface area is 78.6 Å². The van der Waals surface area contributed by atoms with E-state index in [2.05, 4.69) is 16.8 Å². The summed E-state index contributed by atoms with van der Waals surface area (Å²) in [6, 6.07) is 3.78. The van der Waals surface area contributed by atoms with Crippen LogP contribution in [-0.2, 0) is 0 Å². The van der Waals surface area contributed by atoms with E-state index in [0.717, 1.165) is 30.5 Å². The largest absolute Gasteiger partial charge is 0.396 e. The van der Waals surface area contributed by atoms with Gasteiger partial charge in [-0.05, 0) is 24.5 Å². The van der Waals surface area contributed by atoms with E-state index in [1.165, 1.54) is 6.42 Å². The van der Waals surface area contributed by atoms with E-state index in [1.54, 1.807) is 6.20 Å². The van der Waals surface area contributed by atoms with Crippen LogP contribution in [0.5, 0.6) is 0 Å². The Hall–Kier alpha value is -1.25. The molecule has 3 heteroatoms. The molecule has 0 saturated carbocycles. The third-order valence-electron chi connectivity index (χ3n) is 2.54. The highest BCUT2D eigenvalue weighted by Gasteiger charge is 2.20. The summed E-state index contributed by atoms with van der Waals surface area (Å²) in [5.74, 6) is 1.72. The summed E-state index contributed by atoms with van der Waals surface area (Å²) >= 11 is 0. The van der Waals surface area contributed by atoms with Crippen molar-refractivity contribution >= 4 is 11.5 Å². The van der Waals surface area contributed by atoms with Gasteiger partial charge in [0.05, 0.1) is 5.69 Å². The maximum atomic E-state index is 5.84. The zero-order chi connectivity index (χ0) is 9.26. The van der Waals surface area contributed by atoms with Gasteiger partial charge in [-0.3, -0.25) is 0 Å². The Bertz CT molecular complexity index is 298. The number of anilines is 2. The Kier molecular flexibility index (Phi) is 2.08. The van der Waals surface area contributed by atoms with Crippen molar-refractivity contribution in [3.63, 3.8) is 0 Å². The lowest BCUT2D eigenvalue weighted by Crippen LogP contribution is -2.21. The van der Waals surface area contributed by atoms with Crippen LogP contribution in [0.2, 0.25) is 0 Å². The van der Waals surface area contributed by atoms with Crippen LogP contribution in [0.3, 0.4) is 0 Å². The van der Waals surface area contributed by atoms with Crippen LogP contribution < -0.4 is 10.6 Å². The summed E-state index contributed by atoms with van der Waals surface area (Å²) in [7, 11) is 0. The average Bonchev–Trinajstić information content (AvgIpc) is 2.53. The molecule has 0 radical (unpaired) electrons. The van der Waals surface area contributed by atoms with Crippen molar-refractivity contribution in [3.8, 4) is 0 Å². The normalized spacial score (nSPS) is 22.2. The Balaban J connectivity index is 2.21. The highest BCUT2D eigenvalue weighted by molar-refractivity contribution is 5.62. The number of nitrogens with zero attached hydrogens (tertiary/aromatic N) is 2. The number of hydrogen-bond acceptors (Lipinski definition) is 3. The molecule has 0 spiro atoms. The number of aromatic nitrogens is 1. The summed E-state index contributed by atoms with van der Waals surface area (Å²) in [6.45, 7) is 4.43. The first-order valence-electron chi connectivity index (χ1n) is 4.73. The van der Waals surface area contributed by atoms with Crippen molar-refractivity contribution in [2.24, 2.45) is 5.92 Å². The lowest BCUT2D eigenvalue weighted by Gasteiger charge is -2.18. The van der Waals surface area contributed by atoms with Crippen LogP contribution in [-0.4, -0.2) is 18.1 Å². The minimum Gasteiger partial charge on any atom is -0.396 e. The minimum absolute atomic E-state index is 0.765. The molecule has 1 atom stereocenters. The van der Waals surface area contributed by atoms with Crippen LogP contribution in [0.4, 0.5) is 11.5 Å². The van der Waals surface area contributed by atoms with Gasteiger partial charge in [0, 0.05) is 19.3 Å². The molecule has 70 valence electrons. The van der Waals surface area contributed by atoms with Gasteiger partial charge in [0.2, 0.25) is 0 Å². The predicted octanol–water partition coefficient (Wildman–Crippen LogP) is 1.51. The fourth-order valence-electron chi connectivity index (χ4n) is 1.80. The van der Waals surface area contributed by atoms with E-state index in [0.29, 0.717) is 0 Å². The van der Waals surface area contributed by atoms with E-state index >= 15 is 0 Å². The van der Waals surface area contributed by atoms with Crippen LogP contribution >= 0.6 is 0 Å². The predicted molar refractivity (Wildman–Crippen MR) is 54.6 cm³/mol. The highest BCUT2D eigenvalue weighted by Crippen LogP contribution is 2.25. The number of nitrogen functional groups attached to an aromatic ring is 1. The molecule has 0 aliphatic carbocycles. The number of nitrogens with two attached hydrogens (primary N) is 1. The Morgan fingerprint density at radius 2 is 2.46 bits per heavy atom. The fourth-order valence-corrected chi connectivity index (χ4v) is 1.80. The standard InChI is InChI=1S/C10H15N3/c1-8-4-6-13(7-8)10-9(11)3-2-5-12-10/h2-3,5,8H,4,6-7,11H2,1H3. The van der Waals surface area contributed by atoms with Gasteiger partial charge >= 0.3 is 0 Å². The van der Waals surface area contributed by atoms with Gasteiger partial charge < -0.3 is 10.6 Å². The van der Waals surface area contributed by atoms with Gasteiger partial charge in [-0.15, -0.1) is 0 Å². The van der Waals surface area contributed by atoms with Crippen molar-refractivity contribution in [2.45, 2.75) is 13.3 Å². The molecule has 3 nitrogen and oxygen atoms in total. The first kappa shape index (κ1) is 8.35. The third kappa shape index (κ3) is 1.59. The van der Waals surface area contributed by atoms with Crippen LogP contribution in [0.1, 0.15) is 13.3 Å². The molecule has 13 heavy (non-hydrogen) atoms. The van der Waals surface area contributed by atoms with Crippen molar-refractivity contribution in [1.29, 1.82) is 0 Å². The molecule has 2 rings (SSSR count). The van der Waals surface area contributed by atoms with Crippen molar-refractivity contribution in [2.75, 3.05) is 23.7 Å². The molecule has 1 unspecified atom stereocenters. The smallest absolute Gasteiger partial charge is 0.151 e. The number of pyridine rings is 1. The molecule has 1 aliphatic rings. The number of rotatable bonds is 1. The zero-order valence-electron chi connectivity index (χ0n) is 7.90. The molecular weight excluding hydrogens is 162 g/mol. The van der Waals surface area contributed by atoms with Crippen LogP contribution in [0.25, 0.3) is 0 Å². The first-order chi connectivity index (χ1) is 6.27. The van der Waals surface area contributed by atoms with Gasteiger partial charge in [-0.1, -0.05) is 6.92 Å². The summed E-state index contributed by atoms with van der Waals surface area (Å²) < 4.78 is 0. The molecule has 2 heterocycles. The van der Waals surface area contributed by atoms with E-state index in [9.17, 15) is 0 Å². The van der Waals surface area contributed by atoms with Gasteiger partial charge in [0.15, 0.2) is 5.82 Å². The van der Waals surface area contributed by atoms with E-state index < -0.39 is 0 Å². The second-order valence-electron chi connectivity index (χ2n) is 3.76. The molecule has 1 aliphatic heterocycles. The maximum absolute atomic E-state index is 5.84. The molecule has 1 fully saturated rings. The number of hydrogen-bond donors (Lipinski definition) is 1. The van der Waals surface area contributed by atoms with Crippen molar-refractivity contribution in [3.05, 3.63) is 18.3 Å². The Morgan fingerprint density at radius 1 is 1.62 bits per heavy atom. The fraction of sp³-hybridized carbons (Fsp3) is 0.500. The third-order valence-corrected chi connectivity index (χ3v) is 2.54. The van der Waals surface area contributed by atoms with Crippen molar-refractivity contribution in [1.82, 2.24) is 4.98 Å². The Morgan fingerprint density at radius 3 is 3.08 bits per heavy atom. The van der Waals surface area contributed by atoms with Crippen LogP contribution in [0.15, 0.2) is 18.3 Å². The molecule has 0 amide bonds. The summed E-state index contributed by atoms with van der Waals surface area (Å²) in [4.78, 5) is 6.56. The second kappa shape index (κ2) is 3.24. The van der Waals surface area contributed by atoms with Gasteiger partial charge in [-0.25, -0.2) is 4.98 Å². The second-order valence-corrected chi connectivity index (χ2v) is 3.76. The van der Waals surface area contributed by atoms with E-state index in [1.807, 2.05) is 12.1 Å². The van der Waals surface area contributed by atoms with Crippen molar-refractivity contribution < 1.29 is 0 Å². The first-order valence-corrected chi connectivity index (χ1v) is 4.73. The van der Waals surface area contributed by atoms with Gasteiger partial charge in [0.1, 0.15) is 0 Å². The highest BCUT2D eigenvalue weighted by atomic mass is 15.2. The molecule has 0 bridgehead atoms. The molecular formula is C10H15N3. The topological polar surface area (TPSA) is 42.2 Å². The van der Waals surface area contributed by atoms with E-state index in [4.69, 9.17) is 5.73 Å². The van der Waals surface area contributed by atoms with Gasteiger partial charge in [-0.2, -0.15) is 0 Å². The lowest BCUT2D eigenvalue weighted by atomic mass is 10.2. The maximum Gasteiger partial charge on any atom is 0.151 e. The van der Waals surface area contributed by atoms with Crippen LogP contribution in [0, 0.1) is 5.92 Å². The lowest BCUT2D eigenvalue weighted by molar-refractivity contribution is 0.659. The zero-order valence-corrected chi connectivity index (χ0v) is 7.90. The molecule has 1 saturated heterocycles. The monoisotopic (exact) mass is 177 g/mol. The quantitative estimate of drug-likeness (QED) is 0.707. The minimum atomic E-state index is 0.765. The SMILES string of the molecule is CC1CCN(c2ncccc2N)C1. The molecule has 2 N–H and O–H groups in total. The van der Waals surface area contributed by atoms with E-state index in [-0.39, 0.29) is 0 Å².